The van der Waals surface area contributed by atoms with E-state index in [0.29, 0.717) is 33.1 Å². The molecule has 0 saturated heterocycles. The highest BCUT2D eigenvalue weighted by Gasteiger charge is 2.16. The van der Waals surface area contributed by atoms with Crippen LogP contribution in [0.15, 0.2) is 53.6 Å². The summed E-state index contributed by atoms with van der Waals surface area (Å²) in [5.41, 5.74) is 3.40. The lowest BCUT2D eigenvalue weighted by molar-refractivity contribution is -0.116. The first-order valence-electron chi connectivity index (χ1n) is 9.43. The number of rotatable bonds is 6. The van der Waals surface area contributed by atoms with Gasteiger partial charge in [0.05, 0.1) is 20.5 Å². The SMILES string of the molecule is COc1cc(NC(=O)Cn2cnc3c(-c4cccc(C)c4)nsc3c2=O)cc(OC)c1. The number of ether oxygens (including phenoxy) is 2. The molecule has 31 heavy (non-hydrogen) atoms. The van der Waals surface area contributed by atoms with Gasteiger partial charge in [0, 0.05) is 29.4 Å². The maximum Gasteiger partial charge on any atom is 0.273 e. The van der Waals surface area contributed by atoms with Gasteiger partial charge in [-0.1, -0.05) is 23.8 Å². The highest BCUT2D eigenvalue weighted by atomic mass is 32.1. The summed E-state index contributed by atoms with van der Waals surface area (Å²) < 4.78 is 16.5. The number of anilines is 1. The Balaban J connectivity index is 1.59. The van der Waals surface area contributed by atoms with Gasteiger partial charge >= 0.3 is 0 Å². The lowest BCUT2D eigenvalue weighted by Crippen LogP contribution is -2.27. The Labute approximate surface area is 182 Å². The molecular formula is C22H20N4O4S. The van der Waals surface area contributed by atoms with Crippen LogP contribution < -0.4 is 20.3 Å². The molecule has 0 aliphatic heterocycles. The van der Waals surface area contributed by atoms with Crippen LogP contribution in [0.1, 0.15) is 5.56 Å². The Morgan fingerprint density at radius 3 is 2.55 bits per heavy atom. The normalized spacial score (nSPS) is 10.8. The minimum absolute atomic E-state index is 0.182. The van der Waals surface area contributed by atoms with Gasteiger partial charge in [0.25, 0.3) is 5.56 Å². The van der Waals surface area contributed by atoms with Crippen LogP contribution in [0, 0.1) is 6.92 Å². The average molecular weight is 436 g/mol. The van der Waals surface area contributed by atoms with Crippen molar-refractivity contribution in [2.45, 2.75) is 13.5 Å². The van der Waals surface area contributed by atoms with Crippen molar-refractivity contribution in [2.75, 3.05) is 19.5 Å². The quantitative estimate of drug-likeness (QED) is 0.497. The number of benzene rings is 2. The second-order valence-electron chi connectivity index (χ2n) is 6.91. The fourth-order valence-corrected chi connectivity index (χ4v) is 3.99. The predicted molar refractivity (Wildman–Crippen MR) is 120 cm³/mol. The van der Waals surface area contributed by atoms with Crippen molar-refractivity contribution in [2.24, 2.45) is 0 Å². The minimum atomic E-state index is -0.373. The van der Waals surface area contributed by atoms with E-state index in [-0.39, 0.29) is 18.0 Å². The summed E-state index contributed by atoms with van der Waals surface area (Å²) in [6, 6.07) is 12.9. The smallest absolute Gasteiger partial charge is 0.273 e. The molecule has 4 rings (SSSR count). The molecule has 0 saturated carbocycles. The fraction of sp³-hybridized carbons (Fsp3) is 0.182. The van der Waals surface area contributed by atoms with Gasteiger partial charge in [-0.05, 0) is 24.5 Å². The van der Waals surface area contributed by atoms with Gasteiger partial charge in [-0.15, -0.1) is 0 Å². The topological polar surface area (TPSA) is 95.3 Å². The number of carbonyl (C=O) groups is 1. The molecule has 9 heteroatoms. The van der Waals surface area contributed by atoms with Crippen LogP contribution in [-0.4, -0.2) is 34.1 Å². The number of carbonyl (C=O) groups excluding carboxylic acids is 1. The molecule has 0 bridgehead atoms. The molecule has 0 aliphatic rings. The Kier molecular flexibility index (Phi) is 5.68. The number of amides is 1. The number of nitrogens with one attached hydrogen (secondary N) is 1. The standard InChI is InChI=1S/C22H20N4O4S/c1-13-5-4-6-14(7-13)19-20-21(31-25-19)22(28)26(12-23-20)11-18(27)24-15-8-16(29-2)10-17(9-15)30-3/h4-10,12H,11H2,1-3H3,(H,24,27). The molecule has 4 aromatic rings. The molecule has 0 atom stereocenters. The summed E-state index contributed by atoms with van der Waals surface area (Å²) in [6.45, 7) is 1.81. The van der Waals surface area contributed by atoms with Crippen LogP contribution in [0.2, 0.25) is 0 Å². The number of methoxy groups -OCH3 is 2. The predicted octanol–water partition coefficient (Wildman–Crippen LogP) is 3.48. The first kappa shape index (κ1) is 20.5. The van der Waals surface area contributed by atoms with Gasteiger partial charge in [0.15, 0.2) is 0 Å². The minimum Gasteiger partial charge on any atom is -0.497 e. The third-order valence-electron chi connectivity index (χ3n) is 4.69. The van der Waals surface area contributed by atoms with Crippen molar-refractivity contribution in [1.29, 1.82) is 0 Å². The summed E-state index contributed by atoms with van der Waals surface area (Å²) in [6.07, 6.45) is 1.38. The number of aryl methyl sites for hydroxylation is 1. The molecule has 0 unspecified atom stereocenters. The fourth-order valence-electron chi connectivity index (χ4n) is 3.18. The zero-order valence-electron chi connectivity index (χ0n) is 17.2. The third kappa shape index (κ3) is 4.26. The average Bonchev–Trinajstić information content (AvgIpc) is 3.20. The number of aromatic nitrogens is 3. The molecular weight excluding hydrogens is 416 g/mol. The number of hydrogen-bond acceptors (Lipinski definition) is 7. The zero-order chi connectivity index (χ0) is 22.0. The van der Waals surface area contributed by atoms with E-state index in [1.54, 1.807) is 18.2 Å². The molecule has 1 N–H and O–H groups in total. The first-order chi connectivity index (χ1) is 15.0. The maximum absolute atomic E-state index is 12.9. The van der Waals surface area contributed by atoms with Crippen LogP contribution in [-0.2, 0) is 11.3 Å². The number of hydrogen-bond donors (Lipinski definition) is 1. The Morgan fingerprint density at radius 2 is 1.87 bits per heavy atom. The summed E-state index contributed by atoms with van der Waals surface area (Å²) in [5, 5.41) is 2.75. The zero-order valence-corrected chi connectivity index (χ0v) is 18.0. The Bertz CT molecular complexity index is 1310. The Morgan fingerprint density at radius 1 is 1.13 bits per heavy atom. The van der Waals surface area contributed by atoms with Crippen LogP contribution in [0.3, 0.4) is 0 Å². The van der Waals surface area contributed by atoms with E-state index < -0.39 is 0 Å². The number of nitrogens with zero attached hydrogens (tertiary/aromatic N) is 3. The van der Waals surface area contributed by atoms with Crippen LogP contribution >= 0.6 is 11.5 Å². The largest absolute Gasteiger partial charge is 0.497 e. The summed E-state index contributed by atoms with van der Waals surface area (Å²) in [5.74, 6) is 0.716. The second kappa shape index (κ2) is 8.57. The molecule has 2 aromatic heterocycles. The highest BCUT2D eigenvalue weighted by molar-refractivity contribution is 7.13. The van der Waals surface area contributed by atoms with Crippen LogP contribution in [0.5, 0.6) is 11.5 Å². The van der Waals surface area contributed by atoms with Crippen molar-refractivity contribution >= 4 is 33.3 Å². The van der Waals surface area contributed by atoms with Crippen molar-refractivity contribution in [1.82, 2.24) is 13.9 Å². The monoisotopic (exact) mass is 436 g/mol. The lowest BCUT2D eigenvalue weighted by Gasteiger charge is -2.10. The van der Waals surface area contributed by atoms with E-state index in [4.69, 9.17) is 9.47 Å². The molecule has 0 fully saturated rings. The second-order valence-corrected chi connectivity index (χ2v) is 7.68. The molecule has 0 radical (unpaired) electrons. The molecule has 8 nitrogen and oxygen atoms in total. The van der Waals surface area contributed by atoms with E-state index in [9.17, 15) is 9.59 Å². The first-order valence-corrected chi connectivity index (χ1v) is 10.2. The summed E-state index contributed by atoms with van der Waals surface area (Å²) in [4.78, 5) is 29.9. The van der Waals surface area contributed by atoms with Gasteiger partial charge in [-0.2, -0.15) is 4.37 Å². The van der Waals surface area contributed by atoms with Gasteiger partial charge in [0.1, 0.15) is 34.0 Å². The van der Waals surface area contributed by atoms with Crippen molar-refractivity contribution in [3.63, 3.8) is 0 Å². The van der Waals surface area contributed by atoms with Gasteiger partial charge in [-0.25, -0.2) is 4.98 Å². The van der Waals surface area contributed by atoms with Crippen LogP contribution in [0.4, 0.5) is 5.69 Å². The van der Waals surface area contributed by atoms with Crippen LogP contribution in [0.25, 0.3) is 21.5 Å². The van der Waals surface area contributed by atoms with E-state index in [1.807, 2.05) is 31.2 Å². The van der Waals surface area contributed by atoms with E-state index in [0.717, 1.165) is 22.7 Å². The van der Waals surface area contributed by atoms with Gasteiger partial charge < -0.3 is 14.8 Å². The molecule has 1 amide bonds. The molecule has 158 valence electrons. The third-order valence-corrected chi connectivity index (χ3v) is 5.51. The Hall–Kier alpha value is -3.72. The van der Waals surface area contributed by atoms with Gasteiger partial charge in [-0.3, -0.25) is 14.2 Å². The molecule has 2 heterocycles. The highest BCUT2D eigenvalue weighted by Crippen LogP contribution is 2.28. The maximum atomic E-state index is 12.9. The van der Waals surface area contributed by atoms with E-state index in [1.165, 1.54) is 25.1 Å². The van der Waals surface area contributed by atoms with Crippen molar-refractivity contribution < 1.29 is 14.3 Å². The summed E-state index contributed by atoms with van der Waals surface area (Å²) >= 11 is 1.09. The van der Waals surface area contributed by atoms with Gasteiger partial charge in [0.2, 0.25) is 5.91 Å². The lowest BCUT2D eigenvalue weighted by atomic mass is 10.1. The van der Waals surface area contributed by atoms with Crippen molar-refractivity contribution in [3.05, 3.63) is 64.7 Å². The molecule has 2 aromatic carbocycles. The van der Waals surface area contributed by atoms with Crippen molar-refractivity contribution in [3.8, 4) is 22.8 Å². The van der Waals surface area contributed by atoms with E-state index >= 15 is 0 Å². The molecule has 0 spiro atoms. The van der Waals surface area contributed by atoms with E-state index in [2.05, 4.69) is 14.7 Å². The number of fused-ring (bicyclic) bond motifs is 1. The summed E-state index contributed by atoms with van der Waals surface area (Å²) in [7, 11) is 3.06. The molecule has 0 aliphatic carbocycles.